The molecule has 2 aromatic heterocycles. The monoisotopic (exact) mass is 584 g/mol. The highest BCUT2D eigenvalue weighted by atomic mass is 35.5. The molecule has 0 spiro atoms. The highest BCUT2D eigenvalue weighted by molar-refractivity contribution is 7.13. The molecule has 1 fully saturated rings. The molecule has 4 aromatic rings. The summed E-state index contributed by atoms with van der Waals surface area (Å²) in [5.74, 6) is 0.265. The minimum atomic E-state index is -0.363. The summed E-state index contributed by atoms with van der Waals surface area (Å²) in [6.07, 6.45) is 4.79. The van der Waals surface area contributed by atoms with Crippen molar-refractivity contribution in [2.24, 2.45) is 0 Å². The summed E-state index contributed by atoms with van der Waals surface area (Å²) in [5.41, 5.74) is 4.00. The molecule has 0 unspecified atom stereocenters. The third-order valence-corrected chi connectivity index (χ3v) is 8.09. The molecule has 0 radical (unpaired) electrons. The van der Waals surface area contributed by atoms with E-state index in [-0.39, 0.29) is 11.5 Å². The molecule has 2 aromatic carbocycles. The van der Waals surface area contributed by atoms with E-state index in [1.165, 1.54) is 23.0 Å². The largest absolute Gasteiger partial charge is 0.495 e. The van der Waals surface area contributed by atoms with Gasteiger partial charge in [0, 0.05) is 29.1 Å². The van der Waals surface area contributed by atoms with Gasteiger partial charge < -0.3 is 9.64 Å². The van der Waals surface area contributed by atoms with Gasteiger partial charge in [0.1, 0.15) is 10.8 Å². The molecule has 9 heteroatoms. The van der Waals surface area contributed by atoms with Gasteiger partial charge >= 0.3 is 0 Å². The Bertz CT molecular complexity index is 1740. The fraction of sp³-hybridized carbons (Fsp3) is 0.250. The molecule has 208 valence electrons. The van der Waals surface area contributed by atoms with Gasteiger partial charge in [-0.25, -0.2) is 4.98 Å². The van der Waals surface area contributed by atoms with E-state index in [1.54, 1.807) is 36.4 Å². The number of aromatic nitrogens is 2. The van der Waals surface area contributed by atoms with Crippen LogP contribution in [0.25, 0.3) is 33.6 Å². The van der Waals surface area contributed by atoms with Gasteiger partial charge in [0.2, 0.25) is 0 Å². The molecule has 0 bridgehead atoms. The number of hydrogen-bond acceptors (Lipinski definition) is 6. The minimum absolute atomic E-state index is 0.142. The number of nitrogens with zero attached hydrogens (tertiary/aromatic N) is 4. The second-order valence-corrected chi connectivity index (χ2v) is 11.4. The van der Waals surface area contributed by atoms with E-state index in [1.807, 2.05) is 42.3 Å². The highest BCUT2D eigenvalue weighted by Crippen LogP contribution is 2.33. The standard InChI is InChI=1S/C32H29ClN4O3S/c1-20(2)15-27-24(31(38)36-13-5-4-6-14-36)17-25(30-35-26(19-41-30)22-8-10-23(33)11-9-22)32(39)37(27)28-16-21(18-34)7-12-29(28)40-3/h7-12,15-17,19H,4-6,13-14H2,1-3H3. The van der Waals surface area contributed by atoms with Gasteiger partial charge in [-0.05, 0) is 75.6 Å². The Morgan fingerprint density at radius 2 is 1.83 bits per heavy atom. The summed E-state index contributed by atoms with van der Waals surface area (Å²) in [5, 5.41) is 12.7. The van der Waals surface area contributed by atoms with Crippen LogP contribution in [0.2, 0.25) is 5.02 Å². The van der Waals surface area contributed by atoms with E-state index in [9.17, 15) is 14.9 Å². The maximum Gasteiger partial charge on any atom is 0.266 e. The average molecular weight is 585 g/mol. The van der Waals surface area contributed by atoms with Crippen LogP contribution in [0.3, 0.4) is 0 Å². The summed E-state index contributed by atoms with van der Waals surface area (Å²) in [6, 6.07) is 16.1. The number of halogens is 1. The fourth-order valence-corrected chi connectivity index (χ4v) is 5.92. The number of thiazole rings is 1. The van der Waals surface area contributed by atoms with Crippen molar-refractivity contribution in [2.45, 2.75) is 33.1 Å². The van der Waals surface area contributed by atoms with Gasteiger partial charge in [0.25, 0.3) is 11.5 Å². The molecular weight excluding hydrogens is 556 g/mol. The molecule has 0 atom stereocenters. The number of allylic oxidation sites excluding steroid dienone is 1. The quantitative estimate of drug-likeness (QED) is 0.239. The highest BCUT2D eigenvalue weighted by Gasteiger charge is 2.27. The van der Waals surface area contributed by atoms with Crippen LogP contribution >= 0.6 is 22.9 Å². The topological polar surface area (TPSA) is 88.2 Å². The van der Waals surface area contributed by atoms with Gasteiger partial charge in [-0.3, -0.25) is 14.2 Å². The lowest BCUT2D eigenvalue weighted by Crippen LogP contribution is -2.37. The van der Waals surface area contributed by atoms with E-state index < -0.39 is 0 Å². The van der Waals surface area contributed by atoms with Crippen molar-refractivity contribution in [1.29, 1.82) is 5.26 Å². The van der Waals surface area contributed by atoms with Gasteiger partial charge in [0.05, 0.1) is 46.9 Å². The van der Waals surface area contributed by atoms with E-state index in [2.05, 4.69) is 6.07 Å². The van der Waals surface area contributed by atoms with Crippen LogP contribution in [0.1, 0.15) is 54.7 Å². The number of benzene rings is 2. The Kier molecular flexibility index (Phi) is 8.39. The Morgan fingerprint density at radius 1 is 1.10 bits per heavy atom. The lowest BCUT2D eigenvalue weighted by Gasteiger charge is -2.28. The third-order valence-electron chi connectivity index (χ3n) is 6.96. The second kappa shape index (κ2) is 12.1. The van der Waals surface area contributed by atoms with Crippen molar-refractivity contribution >= 4 is 34.9 Å². The summed E-state index contributed by atoms with van der Waals surface area (Å²) >= 11 is 7.40. The predicted octanol–water partition coefficient (Wildman–Crippen LogP) is 7.21. The number of hydrogen-bond donors (Lipinski definition) is 0. The molecule has 0 N–H and O–H groups in total. The molecule has 1 aliphatic rings. The van der Waals surface area contributed by atoms with E-state index in [4.69, 9.17) is 21.3 Å². The predicted molar refractivity (Wildman–Crippen MR) is 164 cm³/mol. The molecule has 7 nitrogen and oxygen atoms in total. The third kappa shape index (κ3) is 5.83. The maximum atomic E-state index is 14.4. The number of nitriles is 1. The zero-order valence-corrected chi connectivity index (χ0v) is 24.7. The van der Waals surface area contributed by atoms with Crippen LogP contribution in [-0.4, -0.2) is 40.6 Å². The first kappa shape index (κ1) is 28.3. The van der Waals surface area contributed by atoms with Gasteiger partial charge in [-0.2, -0.15) is 5.26 Å². The van der Waals surface area contributed by atoms with Crippen LogP contribution in [0.4, 0.5) is 0 Å². The Balaban J connectivity index is 1.81. The number of likely N-dealkylation sites (tertiary alicyclic amines) is 1. The van der Waals surface area contributed by atoms with Crippen molar-refractivity contribution in [3.63, 3.8) is 0 Å². The molecule has 0 saturated carbocycles. The molecule has 1 aliphatic heterocycles. The molecule has 41 heavy (non-hydrogen) atoms. The van der Waals surface area contributed by atoms with Crippen LogP contribution < -0.4 is 10.3 Å². The summed E-state index contributed by atoms with van der Waals surface area (Å²) < 4.78 is 7.13. The first-order valence-corrected chi connectivity index (χ1v) is 14.6. The Morgan fingerprint density at radius 3 is 2.49 bits per heavy atom. The normalized spacial score (nSPS) is 13.0. The van der Waals surface area contributed by atoms with Crippen molar-refractivity contribution in [3.05, 3.63) is 91.7 Å². The second-order valence-electron chi connectivity index (χ2n) is 10.1. The van der Waals surface area contributed by atoms with Gasteiger partial charge in [-0.15, -0.1) is 11.3 Å². The summed E-state index contributed by atoms with van der Waals surface area (Å²) in [6.45, 7) is 5.15. The molecule has 0 aliphatic carbocycles. The van der Waals surface area contributed by atoms with Crippen LogP contribution in [0.15, 0.2) is 64.3 Å². The van der Waals surface area contributed by atoms with E-state index in [0.717, 1.165) is 30.4 Å². The number of carbonyl (C=O) groups excluding carboxylic acids is 1. The SMILES string of the molecule is COc1ccc(C#N)cc1-n1c(C=C(C)C)c(C(=O)N2CCCCC2)cc(-c2nc(-c3ccc(Cl)cc3)cs2)c1=O. The lowest BCUT2D eigenvalue weighted by molar-refractivity contribution is 0.0723. The molecule has 5 rings (SSSR count). The number of ether oxygens (including phenoxy) is 1. The van der Waals surface area contributed by atoms with Crippen LogP contribution in [0, 0.1) is 11.3 Å². The Hall–Kier alpha value is -4.19. The maximum absolute atomic E-state index is 14.4. The average Bonchev–Trinajstić information content (AvgIpc) is 3.47. The lowest BCUT2D eigenvalue weighted by atomic mass is 10.0. The molecular formula is C32H29ClN4O3S. The number of amides is 1. The van der Waals surface area contributed by atoms with Crippen LogP contribution in [-0.2, 0) is 0 Å². The van der Waals surface area contributed by atoms with E-state index in [0.29, 0.717) is 62.6 Å². The van der Waals surface area contributed by atoms with E-state index >= 15 is 0 Å². The summed E-state index contributed by atoms with van der Waals surface area (Å²) in [7, 11) is 1.51. The molecule has 1 amide bonds. The van der Waals surface area contributed by atoms with Gasteiger partial charge in [-0.1, -0.05) is 29.3 Å². The van der Waals surface area contributed by atoms with Crippen molar-refractivity contribution in [3.8, 4) is 39.3 Å². The number of rotatable bonds is 6. The molecule has 3 heterocycles. The van der Waals surface area contributed by atoms with Crippen molar-refractivity contribution < 1.29 is 9.53 Å². The van der Waals surface area contributed by atoms with Gasteiger partial charge in [0.15, 0.2) is 0 Å². The Labute approximate surface area is 247 Å². The number of pyridine rings is 1. The number of methoxy groups -OCH3 is 1. The zero-order valence-electron chi connectivity index (χ0n) is 23.1. The fourth-order valence-electron chi connectivity index (χ4n) is 4.96. The zero-order chi connectivity index (χ0) is 29.1. The first-order chi connectivity index (χ1) is 19.8. The number of carbonyl (C=O) groups is 1. The smallest absolute Gasteiger partial charge is 0.266 e. The minimum Gasteiger partial charge on any atom is -0.495 e. The first-order valence-electron chi connectivity index (χ1n) is 13.3. The molecule has 1 saturated heterocycles. The van der Waals surface area contributed by atoms with Crippen molar-refractivity contribution in [1.82, 2.24) is 14.5 Å². The summed E-state index contributed by atoms with van der Waals surface area (Å²) in [4.78, 5) is 35.1. The number of piperidine rings is 1. The van der Waals surface area contributed by atoms with Crippen LogP contribution in [0.5, 0.6) is 5.75 Å². The van der Waals surface area contributed by atoms with Crippen molar-refractivity contribution in [2.75, 3.05) is 20.2 Å².